The van der Waals surface area contributed by atoms with Crippen LogP contribution in [0.3, 0.4) is 0 Å². The van der Waals surface area contributed by atoms with Crippen molar-refractivity contribution in [3.63, 3.8) is 0 Å². The van der Waals surface area contributed by atoms with Gasteiger partial charge in [0.25, 0.3) is 0 Å². The Morgan fingerprint density at radius 2 is 1.68 bits per heavy atom. The van der Waals surface area contributed by atoms with Gasteiger partial charge in [-0.3, -0.25) is 4.79 Å². The number of carbonyl (C=O) groups is 1. The Kier molecular flexibility index (Phi) is 5.92. The summed E-state index contributed by atoms with van der Waals surface area (Å²) in [5.41, 5.74) is 2.23. The third-order valence-electron chi connectivity index (χ3n) is 3.43. The van der Waals surface area contributed by atoms with Crippen molar-refractivity contribution in [2.45, 2.75) is 36.3 Å². The Balaban J connectivity index is 2.08. The van der Waals surface area contributed by atoms with Crippen molar-refractivity contribution in [3.05, 3.63) is 64.7 Å². The lowest BCUT2D eigenvalue weighted by atomic mass is 10.0. The lowest BCUT2D eigenvalue weighted by molar-refractivity contribution is -0.136. The van der Waals surface area contributed by atoms with Gasteiger partial charge in [0.05, 0.1) is 0 Å². The van der Waals surface area contributed by atoms with Crippen molar-refractivity contribution >= 4 is 29.3 Å². The summed E-state index contributed by atoms with van der Waals surface area (Å²) in [5.74, 6) is -0.323. The summed E-state index contributed by atoms with van der Waals surface area (Å²) in [5, 5.41) is 9.60. The first-order valence-electron chi connectivity index (χ1n) is 7.19. The van der Waals surface area contributed by atoms with E-state index in [2.05, 4.69) is 26.0 Å². The maximum atomic E-state index is 11.5. The van der Waals surface area contributed by atoms with Crippen molar-refractivity contribution in [1.29, 1.82) is 0 Å². The molecule has 0 aliphatic rings. The number of rotatable bonds is 6. The number of thioether (sulfide) groups is 1. The second kappa shape index (κ2) is 7.70. The second-order valence-corrected chi connectivity index (χ2v) is 7.21. The molecule has 0 bridgehead atoms. The van der Waals surface area contributed by atoms with Crippen LogP contribution in [0.15, 0.2) is 53.4 Å². The molecule has 0 radical (unpaired) electrons. The molecule has 0 saturated carbocycles. The maximum absolute atomic E-state index is 11.5. The van der Waals surface area contributed by atoms with Crippen LogP contribution in [0, 0.1) is 0 Å². The fourth-order valence-electron chi connectivity index (χ4n) is 2.11. The third kappa shape index (κ3) is 4.79. The molecule has 4 heteroatoms. The number of benzene rings is 2. The average molecular weight is 335 g/mol. The minimum Gasteiger partial charge on any atom is -0.480 e. The highest BCUT2D eigenvalue weighted by molar-refractivity contribution is 8.00. The molecule has 1 atom stereocenters. The molecule has 1 N–H and O–H groups in total. The summed E-state index contributed by atoms with van der Waals surface area (Å²) in [6.45, 7) is 4.28. The van der Waals surface area contributed by atoms with Gasteiger partial charge in [0.2, 0.25) is 0 Å². The minimum absolute atomic E-state index is 0.475. The van der Waals surface area contributed by atoms with Crippen LogP contribution in [0.4, 0.5) is 0 Å². The summed E-state index contributed by atoms with van der Waals surface area (Å²) >= 11 is 7.24. The molecule has 0 aliphatic heterocycles. The summed E-state index contributed by atoms with van der Waals surface area (Å²) in [7, 11) is 0. The van der Waals surface area contributed by atoms with E-state index in [0.29, 0.717) is 17.4 Å². The van der Waals surface area contributed by atoms with E-state index in [-0.39, 0.29) is 0 Å². The normalized spacial score (nSPS) is 12.4. The van der Waals surface area contributed by atoms with Crippen molar-refractivity contribution in [1.82, 2.24) is 0 Å². The molecule has 0 spiro atoms. The molecule has 0 aromatic heterocycles. The van der Waals surface area contributed by atoms with Crippen molar-refractivity contribution < 1.29 is 9.90 Å². The largest absolute Gasteiger partial charge is 0.480 e. The molecule has 0 unspecified atom stereocenters. The zero-order valence-corrected chi connectivity index (χ0v) is 14.2. The van der Waals surface area contributed by atoms with Gasteiger partial charge in [-0.05, 0) is 47.7 Å². The van der Waals surface area contributed by atoms with Gasteiger partial charge in [-0.15, -0.1) is 11.8 Å². The number of aliphatic carboxylic acids is 1. The molecule has 2 rings (SSSR count). The monoisotopic (exact) mass is 334 g/mol. The van der Waals surface area contributed by atoms with E-state index in [1.165, 1.54) is 17.3 Å². The van der Waals surface area contributed by atoms with Crippen molar-refractivity contribution in [3.8, 4) is 0 Å². The highest BCUT2D eigenvalue weighted by atomic mass is 35.5. The van der Waals surface area contributed by atoms with E-state index >= 15 is 0 Å². The molecule has 0 heterocycles. The SMILES string of the molecule is CC(C)c1ccc(S[C@H](Cc2ccc(Cl)cc2)C(=O)O)cc1. The van der Waals surface area contributed by atoms with E-state index in [1.54, 1.807) is 12.1 Å². The van der Waals surface area contributed by atoms with Gasteiger partial charge in [0, 0.05) is 9.92 Å². The van der Waals surface area contributed by atoms with Crippen molar-refractivity contribution in [2.24, 2.45) is 0 Å². The first-order chi connectivity index (χ1) is 10.5. The number of halogens is 1. The van der Waals surface area contributed by atoms with Gasteiger partial charge in [0.15, 0.2) is 0 Å². The van der Waals surface area contributed by atoms with E-state index in [4.69, 9.17) is 11.6 Å². The zero-order valence-electron chi connectivity index (χ0n) is 12.6. The lowest BCUT2D eigenvalue weighted by Gasteiger charge is -2.13. The van der Waals surface area contributed by atoms with Gasteiger partial charge >= 0.3 is 5.97 Å². The maximum Gasteiger partial charge on any atom is 0.317 e. The molecular weight excluding hydrogens is 316 g/mol. The van der Waals surface area contributed by atoms with E-state index in [9.17, 15) is 9.90 Å². The Labute approximate surface area is 140 Å². The first-order valence-corrected chi connectivity index (χ1v) is 8.45. The molecule has 2 aromatic carbocycles. The highest BCUT2D eigenvalue weighted by Crippen LogP contribution is 2.28. The van der Waals surface area contributed by atoms with Crippen molar-refractivity contribution in [2.75, 3.05) is 0 Å². The summed E-state index contributed by atoms with van der Waals surface area (Å²) in [4.78, 5) is 12.5. The quantitative estimate of drug-likeness (QED) is 0.733. The van der Waals surface area contributed by atoms with Gasteiger partial charge in [-0.1, -0.05) is 49.7 Å². The number of carboxylic acids is 1. The molecule has 116 valence electrons. The van der Waals surface area contributed by atoms with E-state index < -0.39 is 11.2 Å². The molecular formula is C18H19ClO2S. The Morgan fingerprint density at radius 1 is 1.09 bits per heavy atom. The fourth-order valence-corrected chi connectivity index (χ4v) is 3.23. The predicted molar refractivity (Wildman–Crippen MR) is 93.0 cm³/mol. The van der Waals surface area contributed by atoms with Gasteiger partial charge < -0.3 is 5.11 Å². The topological polar surface area (TPSA) is 37.3 Å². The average Bonchev–Trinajstić information content (AvgIpc) is 2.49. The minimum atomic E-state index is -0.798. The molecule has 0 fully saturated rings. The second-order valence-electron chi connectivity index (χ2n) is 5.50. The number of hydrogen-bond acceptors (Lipinski definition) is 2. The van der Waals surface area contributed by atoms with E-state index in [0.717, 1.165) is 10.5 Å². The lowest BCUT2D eigenvalue weighted by Crippen LogP contribution is -2.19. The molecule has 2 aromatic rings. The van der Waals surface area contributed by atoms with Crippen LogP contribution < -0.4 is 0 Å². The number of hydrogen-bond donors (Lipinski definition) is 1. The third-order valence-corrected chi connectivity index (χ3v) is 4.88. The van der Waals surface area contributed by atoms with E-state index in [1.807, 2.05) is 24.3 Å². The molecule has 0 aliphatic carbocycles. The summed E-state index contributed by atoms with van der Waals surface area (Å²) in [6, 6.07) is 15.5. The molecule has 22 heavy (non-hydrogen) atoms. The van der Waals surface area contributed by atoms with Crippen LogP contribution in [0.5, 0.6) is 0 Å². The van der Waals surface area contributed by atoms with Crippen LogP contribution in [0.2, 0.25) is 5.02 Å². The first kappa shape index (κ1) is 16.9. The number of carboxylic acid groups (broad SMARTS) is 1. The molecule has 0 amide bonds. The predicted octanol–water partition coefficient (Wildman–Crippen LogP) is 5.25. The van der Waals surface area contributed by atoms with Crippen LogP contribution >= 0.6 is 23.4 Å². The highest BCUT2D eigenvalue weighted by Gasteiger charge is 2.19. The van der Waals surface area contributed by atoms with Crippen LogP contribution in [-0.4, -0.2) is 16.3 Å². The van der Waals surface area contributed by atoms with Gasteiger partial charge in [-0.2, -0.15) is 0 Å². The van der Waals surface area contributed by atoms with Crippen LogP contribution in [0.25, 0.3) is 0 Å². The van der Waals surface area contributed by atoms with Gasteiger partial charge in [-0.25, -0.2) is 0 Å². The van der Waals surface area contributed by atoms with Crippen LogP contribution in [0.1, 0.15) is 30.9 Å². The Morgan fingerprint density at radius 3 is 2.18 bits per heavy atom. The fraction of sp³-hybridized carbons (Fsp3) is 0.278. The molecule has 2 nitrogen and oxygen atoms in total. The summed E-state index contributed by atoms with van der Waals surface area (Å²) in [6.07, 6.45) is 0.475. The standard InChI is InChI=1S/C18H19ClO2S/c1-12(2)14-5-9-16(10-6-14)22-17(18(20)21)11-13-3-7-15(19)8-4-13/h3-10,12,17H,11H2,1-2H3,(H,20,21)/t17-/m1/s1. The Bertz CT molecular complexity index is 621. The Hall–Kier alpha value is -1.45. The zero-order chi connectivity index (χ0) is 16.1. The molecule has 0 saturated heterocycles. The smallest absolute Gasteiger partial charge is 0.317 e. The van der Waals surface area contributed by atoms with Crippen LogP contribution in [-0.2, 0) is 11.2 Å². The summed E-state index contributed by atoms with van der Waals surface area (Å²) < 4.78 is 0. The van der Waals surface area contributed by atoms with Gasteiger partial charge in [0.1, 0.15) is 5.25 Å².